The Morgan fingerprint density at radius 1 is 0.460 bits per heavy atom. The summed E-state index contributed by atoms with van der Waals surface area (Å²) in [5, 5.41) is 15.3. The van der Waals surface area contributed by atoms with Gasteiger partial charge in [0.2, 0.25) is 0 Å². The van der Waals surface area contributed by atoms with E-state index in [0.29, 0.717) is 11.3 Å². The van der Waals surface area contributed by atoms with E-state index in [1.54, 1.807) is 6.07 Å². The summed E-state index contributed by atoms with van der Waals surface area (Å²) in [5.74, 6) is 1.74. The fraction of sp³-hybridized carbons (Fsp3) is 0.158. The van der Waals surface area contributed by atoms with Crippen LogP contribution in [0.25, 0.3) is 100 Å². The smallest absolute Gasteiger partial charge is 0.142 e. The van der Waals surface area contributed by atoms with Crippen LogP contribution in [0.3, 0.4) is 0 Å². The van der Waals surface area contributed by atoms with Gasteiger partial charge in [-0.1, -0.05) is 144 Å². The summed E-state index contributed by atoms with van der Waals surface area (Å²) in [7, 11) is 0. The maximum absolute atomic E-state index is 11.1. The quantitative estimate of drug-likeness (QED) is 0.168. The Bertz CT molecular complexity index is 3330. The third-order valence-corrected chi connectivity index (χ3v) is 11.8. The van der Waals surface area contributed by atoms with E-state index >= 15 is 0 Å². The Morgan fingerprint density at radius 2 is 1.02 bits per heavy atom. The van der Waals surface area contributed by atoms with E-state index in [1.165, 1.54) is 11.1 Å². The average molecular weight is 1000 g/mol. The Kier molecular flexibility index (Phi) is 10.6. The van der Waals surface area contributed by atoms with Crippen molar-refractivity contribution in [2.75, 3.05) is 0 Å². The zero-order chi connectivity index (χ0) is 42.9. The first-order chi connectivity index (χ1) is 29.8. The minimum atomic E-state index is -0.0541. The number of aryl methyl sites for hydroxylation is 1. The van der Waals surface area contributed by atoms with Gasteiger partial charge in [0.15, 0.2) is 0 Å². The van der Waals surface area contributed by atoms with Crippen molar-refractivity contribution in [3.63, 3.8) is 0 Å². The maximum atomic E-state index is 11.1. The van der Waals surface area contributed by atoms with Crippen LogP contribution in [0.15, 0.2) is 160 Å². The normalized spacial score (nSPS) is 12.0. The van der Waals surface area contributed by atoms with Crippen LogP contribution in [0.2, 0.25) is 0 Å². The van der Waals surface area contributed by atoms with Gasteiger partial charge in [0.05, 0.1) is 5.69 Å². The molecule has 0 spiro atoms. The van der Waals surface area contributed by atoms with E-state index in [9.17, 15) is 5.11 Å². The molecule has 10 rings (SSSR count). The molecule has 0 unspecified atom stereocenters. The molecular weight excluding hydrogens is 956 g/mol. The SMILES string of the molecule is Cc1cc(-c2oc(-c3ccc4c(c3)oc3ccccc34)c3ccccc23)cc(-c2[c-]c(-c3cc(-c4cc(C(C)(C)C)cc(C(C)(C)C)c4)cc(-c4ccccc4O)n3)ccc2)n1.[Pt]. The molecule has 4 heterocycles. The van der Waals surface area contributed by atoms with E-state index in [1.807, 2.05) is 73.7 Å². The van der Waals surface area contributed by atoms with Crippen LogP contribution in [0, 0.1) is 13.0 Å². The number of benzene rings is 6. The van der Waals surface area contributed by atoms with Crippen molar-refractivity contribution in [2.45, 2.75) is 59.3 Å². The summed E-state index contributed by atoms with van der Waals surface area (Å²) < 4.78 is 13.1. The molecule has 10 aromatic rings. The van der Waals surface area contributed by atoms with E-state index in [0.717, 1.165) is 94.7 Å². The number of phenols is 1. The number of para-hydroxylation sites is 2. The Morgan fingerprint density at radius 3 is 1.70 bits per heavy atom. The minimum absolute atomic E-state index is 0. The molecule has 0 aliphatic heterocycles. The van der Waals surface area contributed by atoms with Crippen LogP contribution in [0.4, 0.5) is 0 Å². The summed E-state index contributed by atoms with van der Waals surface area (Å²) >= 11 is 0. The second-order valence-corrected chi connectivity index (χ2v) is 18.4. The molecule has 0 aliphatic rings. The number of aromatic nitrogens is 2. The molecule has 0 radical (unpaired) electrons. The van der Waals surface area contributed by atoms with Crippen molar-refractivity contribution in [2.24, 2.45) is 0 Å². The molecule has 63 heavy (non-hydrogen) atoms. The van der Waals surface area contributed by atoms with Gasteiger partial charge in [0.1, 0.15) is 28.4 Å². The van der Waals surface area contributed by atoms with Gasteiger partial charge in [0.25, 0.3) is 0 Å². The third kappa shape index (κ3) is 7.92. The topological polar surface area (TPSA) is 72.3 Å². The fourth-order valence-electron chi connectivity index (χ4n) is 8.42. The molecule has 0 fully saturated rings. The van der Waals surface area contributed by atoms with Crippen LogP contribution in [-0.2, 0) is 31.9 Å². The van der Waals surface area contributed by atoms with E-state index in [2.05, 4.69) is 126 Å². The number of aromatic hydroxyl groups is 1. The molecule has 1 N–H and O–H groups in total. The number of pyridine rings is 2. The van der Waals surface area contributed by atoms with Crippen LogP contribution < -0.4 is 0 Å². The first-order valence-electron chi connectivity index (χ1n) is 21.2. The Hall–Kier alpha value is -6.55. The van der Waals surface area contributed by atoms with Gasteiger partial charge < -0.3 is 13.9 Å². The largest absolute Gasteiger partial charge is 0.507 e. The van der Waals surface area contributed by atoms with Crippen LogP contribution in [0.5, 0.6) is 5.75 Å². The molecule has 0 atom stereocenters. The standard InChI is InChI=1S/C57H47N2O3.Pt/c1-34-25-40(55-46-19-9-8-18-45(46)54(62-55)37-23-24-44-43-17-11-13-22-52(43)61-53(44)32-37)31-48(58-34)35-15-14-16-36(26-35)49-29-39(30-50(59-49)47-20-10-12-21-51(47)60)38-27-41(56(2,3)4)33-42(28-38)57(5,6)7;/h8-25,27-33,60H,1-7H3;/q-1;. The molecular formula is C57H47N2O3Pt-. The number of nitrogens with zero attached hydrogens (tertiary/aromatic N) is 2. The summed E-state index contributed by atoms with van der Waals surface area (Å²) in [5.41, 5.74) is 13.5. The molecule has 0 saturated heterocycles. The zero-order valence-electron chi connectivity index (χ0n) is 36.4. The number of fused-ring (bicyclic) bond motifs is 4. The average Bonchev–Trinajstić information content (AvgIpc) is 3.84. The first-order valence-corrected chi connectivity index (χ1v) is 21.2. The molecule has 4 aromatic heterocycles. The van der Waals surface area contributed by atoms with Crippen molar-refractivity contribution in [1.82, 2.24) is 9.97 Å². The second kappa shape index (κ2) is 16.0. The van der Waals surface area contributed by atoms with E-state index in [-0.39, 0.29) is 37.6 Å². The first kappa shape index (κ1) is 41.8. The van der Waals surface area contributed by atoms with Crippen molar-refractivity contribution in [1.29, 1.82) is 0 Å². The van der Waals surface area contributed by atoms with Gasteiger partial charge in [0, 0.05) is 76.4 Å². The van der Waals surface area contributed by atoms with E-state index in [4.69, 9.17) is 18.8 Å². The van der Waals surface area contributed by atoms with Crippen molar-refractivity contribution in [3.05, 3.63) is 175 Å². The van der Waals surface area contributed by atoms with Crippen LogP contribution >= 0.6 is 0 Å². The fourth-order valence-corrected chi connectivity index (χ4v) is 8.42. The predicted molar refractivity (Wildman–Crippen MR) is 254 cm³/mol. The molecule has 0 bridgehead atoms. The molecule has 6 heteroatoms. The van der Waals surface area contributed by atoms with Crippen molar-refractivity contribution in [3.8, 4) is 73.3 Å². The predicted octanol–water partition coefficient (Wildman–Crippen LogP) is 15.5. The van der Waals surface area contributed by atoms with Crippen LogP contribution in [-0.4, -0.2) is 15.1 Å². The summed E-state index contributed by atoms with van der Waals surface area (Å²) in [6, 6.07) is 55.3. The zero-order valence-corrected chi connectivity index (χ0v) is 38.7. The number of rotatable bonds is 6. The molecule has 0 amide bonds. The summed E-state index contributed by atoms with van der Waals surface area (Å²) in [6.07, 6.45) is 0. The van der Waals surface area contributed by atoms with Gasteiger partial charge in [-0.05, 0) is 82.5 Å². The molecule has 0 aliphatic carbocycles. The van der Waals surface area contributed by atoms with E-state index < -0.39 is 0 Å². The third-order valence-electron chi connectivity index (χ3n) is 11.8. The number of phenolic OH excluding ortho intramolecular Hbond substituents is 1. The summed E-state index contributed by atoms with van der Waals surface area (Å²) in [6.45, 7) is 15.5. The van der Waals surface area contributed by atoms with Crippen molar-refractivity contribution >= 4 is 32.7 Å². The van der Waals surface area contributed by atoms with Crippen molar-refractivity contribution < 1.29 is 35.0 Å². The van der Waals surface area contributed by atoms with Gasteiger partial charge in [-0.15, -0.1) is 24.3 Å². The monoisotopic (exact) mass is 1000 g/mol. The van der Waals surface area contributed by atoms with Gasteiger partial charge in [-0.25, -0.2) is 0 Å². The number of hydrogen-bond donors (Lipinski definition) is 1. The molecule has 6 aromatic carbocycles. The van der Waals surface area contributed by atoms with Gasteiger partial charge in [-0.2, -0.15) is 0 Å². The van der Waals surface area contributed by atoms with Gasteiger partial charge in [-0.3, -0.25) is 9.97 Å². The Labute approximate surface area is 382 Å². The maximum Gasteiger partial charge on any atom is 0.142 e. The number of furan rings is 2. The van der Waals surface area contributed by atoms with Crippen LogP contribution in [0.1, 0.15) is 58.4 Å². The number of hydrogen-bond acceptors (Lipinski definition) is 5. The molecule has 0 saturated carbocycles. The van der Waals surface area contributed by atoms with Gasteiger partial charge >= 0.3 is 0 Å². The molecule has 314 valence electrons. The second-order valence-electron chi connectivity index (χ2n) is 18.4. The minimum Gasteiger partial charge on any atom is -0.507 e. The molecule has 5 nitrogen and oxygen atoms in total. The summed E-state index contributed by atoms with van der Waals surface area (Å²) in [4.78, 5) is 10.2. The Balaban J connectivity index is 0.00000504.